The van der Waals surface area contributed by atoms with Gasteiger partial charge >= 0.3 is 0 Å². The molecule has 0 aliphatic heterocycles. The van der Waals surface area contributed by atoms with Gasteiger partial charge in [-0.3, -0.25) is 0 Å². The summed E-state index contributed by atoms with van der Waals surface area (Å²) in [5, 5.41) is 11.8. The average molecular weight is 252 g/mol. The summed E-state index contributed by atoms with van der Waals surface area (Å²) in [5.74, 6) is 0.868. The van der Waals surface area contributed by atoms with Crippen molar-refractivity contribution in [2.45, 2.75) is 39.4 Å². The third-order valence-corrected chi connectivity index (χ3v) is 2.83. The number of anilines is 1. The lowest BCUT2D eigenvalue weighted by Gasteiger charge is -2.24. The van der Waals surface area contributed by atoms with Crippen LogP contribution in [0.3, 0.4) is 0 Å². The molecular weight excluding hydrogens is 228 g/mol. The predicted molar refractivity (Wildman–Crippen MR) is 73.7 cm³/mol. The van der Waals surface area contributed by atoms with Gasteiger partial charge < -0.3 is 15.0 Å². The molecule has 0 aromatic carbocycles. The molecule has 0 saturated carbocycles. The number of ether oxygens (including phenoxy) is 1. The van der Waals surface area contributed by atoms with Gasteiger partial charge in [0.1, 0.15) is 0 Å². The molecule has 0 aliphatic rings. The highest BCUT2D eigenvalue weighted by Gasteiger charge is 2.11. The van der Waals surface area contributed by atoms with Crippen molar-refractivity contribution >= 4 is 5.82 Å². The number of nitrogens with one attached hydrogen (secondary N) is 1. The van der Waals surface area contributed by atoms with Crippen LogP contribution in [-0.4, -0.2) is 43.0 Å². The normalized spacial score (nSPS) is 12.8. The minimum absolute atomic E-state index is 0.281. The predicted octanol–water partition coefficient (Wildman–Crippen LogP) is 1.45. The first-order valence-corrected chi connectivity index (χ1v) is 6.32. The number of rotatable bonds is 7. The van der Waals surface area contributed by atoms with Crippen molar-refractivity contribution in [1.82, 2.24) is 15.5 Å². The Morgan fingerprint density at radius 3 is 2.50 bits per heavy atom. The van der Waals surface area contributed by atoms with Crippen molar-refractivity contribution in [3.05, 3.63) is 17.8 Å². The fourth-order valence-electron chi connectivity index (χ4n) is 1.52. The molecule has 0 aliphatic carbocycles. The first-order valence-electron chi connectivity index (χ1n) is 6.32. The second-order valence-corrected chi connectivity index (χ2v) is 4.83. The molecule has 0 fully saturated rings. The summed E-state index contributed by atoms with van der Waals surface area (Å²) in [7, 11) is 3.70. The zero-order valence-corrected chi connectivity index (χ0v) is 12.0. The van der Waals surface area contributed by atoms with E-state index in [1.807, 2.05) is 19.2 Å². The second kappa shape index (κ2) is 7.28. The summed E-state index contributed by atoms with van der Waals surface area (Å²) in [4.78, 5) is 2.07. The molecule has 5 nitrogen and oxygen atoms in total. The van der Waals surface area contributed by atoms with Gasteiger partial charge in [0.15, 0.2) is 5.82 Å². The summed E-state index contributed by atoms with van der Waals surface area (Å²) >= 11 is 0. The summed E-state index contributed by atoms with van der Waals surface area (Å²) in [6.07, 6.45) is 0. The van der Waals surface area contributed by atoms with Gasteiger partial charge in [0.2, 0.25) is 0 Å². The molecule has 0 bridgehead atoms. The number of methoxy groups -OCH3 is 1. The van der Waals surface area contributed by atoms with Crippen LogP contribution < -0.4 is 10.2 Å². The zero-order valence-electron chi connectivity index (χ0n) is 12.0. The second-order valence-electron chi connectivity index (χ2n) is 4.83. The molecule has 1 N–H and O–H groups in total. The Kier molecular flexibility index (Phi) is 6.01. The quantitative estimate of drug-likeness (QED) is 0.796. The topological polar surface area (TPSA) is 50.3 Å². The van der Waals surface area contributed by atoms with Crippen molar-refractivity contribution in [3.63, 3.8) is 0 Å². The maximum atomic E-state index is 5.14. The van der Waals surface area contributed by atoms with Crippen LogP contribution in [0.15, 0.2) is 12.1 Å². The first kappa shape index (κ1) is 14.9. The van der Waals surface area contributed by atoms with Crippen LogP contribution in [0.25, 0.3) is 0 Å². The smallest absolute Gasteiger partial charge is 0.151 e. The molecule has 0 radical (unpaired) electrons. The van der Waals surface area contributed by atoms with Gasteiger partial charge in [-0.05, 0) is 19.1 Å². The Morgan fingerprint density at radius 1 is 1.28 bits per heavy atom. The fourth-order valence-corrected chi connectivity index (χ4v) is 1.52. The number of hydrogen-bond donors (Lipinski definition) is 1. The highest BCUT2D eigenvalue weighted by atomic mass is 16.5. The van der Waals surface area contributed by atoms with Gasteiger partial charge in [-0.25, -0.2) is 0 Å². The zero-order chi connectivity index (χ0) is 13.5. The van der Waals surface area contributed by atoms with Gasteiger partial charge in [0.25, 0.3) is 0 Å². The summed E-state index contributed by atoms with van der Waals surface area (Å²) in [6.45, 7) is 7.75. The molecular formula is C13H24N4O. The van der Waals surface area contributed by atoms with E-state index in [4.69, 9.17) is 4.74 Å². The molecule has 0 saturated heterocycles. The Balaban J connectivity index is 2.58. The lowest BCUT2D eigenvalue weighted by atomic mass is 10.3. The molecule has 18 heavy (non-hydrogen) atoms. The average Bonchev–Trinajstić information content (AvgIpc) is 2.36. The van der Waals surface area contributed by atoms with Crippen molar-refractivity contribution < 1.29 is 4.74 Å². The van der Waals surface area contributed by atoms with Crippen LogP contribution in [0.2, 0.25) is 0 Å². The molecule has 1 aromatic rings. The highest BCUT2D eigenvalue weighted by molar-refractivity contribution is 5.37. The Bertz CT molecular complexity index is 339. The number of nitrogens with zero attached hydrogens (tertiary/aromatic N) is 3. The van der Waals surface area contributed by atoms with Gasteiger partial charge in [-0.2, -0.15) is 5.10 Å². The number of hydrogen-bond acceptors (Lipinski definition) is 5. The van der Waals surface area contributed by atoms with E-state index in [1.165, 1.54) is 0 Å². The van der Waals surface area contributed by atoms with Crippen LogP contribution in [-0.2, 0) is 11.3 Å². The van der Waals surface area contributed by atoms with Crippen molar-refractivity contribution in [2.75, 3.05) is 25.7 Å². The monoisotopic (exact) mass is 252 g/mol. The van der Waals surface area contributed by atoms with Crippen LogP contribution in [0.4, 0.5) is 5.82 Å². The molecule has 0 spiro atoms. The lowest BCUT2D eigenvalue weighted by molar-refractivity contribution is 0.183. The van der Waals surface area contributed by atoms with E-state index in [-0.39, 0.29) is 6.04 Å². The Morgan fingerprint density at radius 2 is 2.00 bits per heavy atom. The molecule has 1 atom stereocenters. The van der Waals surface area contributed by atoms with Crippen LogP contribution in [0, 0.1) is 0 Å². The lowest BCUT2D eigenvalue weighted by Crippen LogP contribution is -2.33. The van der Waals surface area contributed by atoms with Crippen molar-refractivity contribution in [3.8, 4) is 0 Å². The molecule has 1 unspecified atom stereocenters. The highest BCUT2D eigenvalue weighted by Crippen LogP contribution is 2.11. The molecule has 1 rings (SSSR count). The summed E-state index contributed by atoms with van der Waals surface area (Å²) in [5.41, 5.74) is 0.959. The fraction of sp³-hybridized carbons (Fsp3) is 0.692. The van der Waals surface area contributed by atoms with Crippen molar-refractivity contribution in [2.24, 2.45) is 0 Å². The van der Waals surface area contributed by atoms with E-state index in [0.717, 1.165) is 18.1 Å². The van der Waals surface area contributed by atoms with Gasteiger partial charge in [0.05, 0.1) is 18.3 Å². The molecule has 0 amide bonds. The standard InChI is InChI=1S/C13H24N4O/c1-10(2)14-8-12-6-7-13(16-15-12)17(4)11(3)9-18-5/h6-7,10-11,14H,8-9H2,1-5H3. The van der Waals surface area contributed by atoms with E-state index >= 15 is 0 Å². The first-order chi connectivity index (χ1) is 8.54. The van der Waals surface area contributed by atoms with Gasteiger partial charge in [0, 0.05) is 26.7 Å². The number of likely N-dealkylation sites (N-methyl/N-ethyl adjacent to an activating group) is 1. The SMILES string of the molecule is COCC(C)N(C)c1ccc(CNC(C)C)nn1. The van der Waals surface area contributed by atoms with E-state index < -0.39 is 0 Å². The van der Waals surface area contributed by atoms with Crippen LogP contribution in [0.1, 0.15) is 26.5 Å². The minimum Gasteiger partial charge on any atom is -0.383 e. The van der Waals surface area contributed by atoms with E-state index in [9.17, 15) is 0 Å². The summed E-state index contributed by atoms with van der Waals surface area (Å²) in [6, 6.07) is 4.74. The third kappa shape index (κ3) is 4.58. The largest absolute Gasteiger partial charge is 0.383 e. The number of aromatic nitrogens is 2. The molecule has 1 aromatic heterocycles. The Hall–Kier alpha value is -1.20. The summed E-state index contributed by atoms with van der Waals surface area (Å²) < 4.78 is 5.14. The molecule has 102 valence electrons. The van der Waals surface area contributed by atoms with Crippen LogP contribution in [0.5, 0.6) is 0 Å². The third-order valence-electron chi connectivity index (χ3n) is 2.83. The van der Waals surface area contributed by atoms with Crippen LogP contribution >= 0.6 is 0 Å². The van der Waals surface area contributed by atoms with Crippen molar-refractivity contribution in [1.29, 1.82) is 0 Å². The van der Waals surface area contributed by atoms with E-state index in [2.05, 4.69) is 41.2 Å². The van der Waals surface area contributed by atoms with E-state index in [0.29, 0.717) is 12.6 Å². The molecule has 5 heteroatoms. The van der Waals surface area contributed by atoms with Gasteiger partial charge in [-0.15, -0.1) is 5.10 Å². The maximum Gasteiger partial charge on any atom is 0.151 e. The van der Waals surface area contributed by atoms with Gasteiger partial charge in [-0.1, -0.05) is 13.8 Å². The van der Waals surface area contributed by atoms with E-state index in [1.54, 1.807) is 7.11 Å². The minimum atomic E-state index is 0.281. The molecule has 1 heterocycles. The maximum absolute atomic E-state index is 5.14. The Labute approximate surface area is 110 Å².